The van der Waals surface area contributed by atoms with E-state index in [4.69, 9.17) is 9.15 Å². The molecule has 1 rings (SSSR count). The highest BCUT2D eigenvalue weighted by Gasteiger charge is 2.15. The molecule has 0 unspecified atom stereocenters. The Kier molecular flexibility index (Phi) is 6.67. The van der Waals surface area contributed by atoms with Crippen LogP contribution in [0.3, 0.4) is 0 Å². The van der Waals surface area contributed by atoms with Gasteiger partial charge in [-0.2, -0.15) is 0 Å². The van der Waals surface area contributed by atoms with Crippen LogP contribution in [0.2, 0.25) is 0 Å². The van der Waals surface area contributed by atoms with Gasteiger partial charge in [0, 0.05) is 18.5 Å². The molecule has 0 aliphatic rings. The van der Waals surface area contributed by atoms with Gasteiger partial charge in [0.05, 0.1) is 20.0 Å². The van der Waals surface area contributed by atoms with Crippen molar-refractivity contribution in [2.75, 3.05) is 20.3 Å². The van der Waals surface area contributed by atoms with Crippen molar-refractivity contribution < 1.29 is 23.5 Å². The van der Waals surface area contributed by atoms with E-state index in [9.17, 15) is 9.59 Å². The predicted octanol–water partition coefficient (Wildman–Crippen LogP) is 1.50. The number of methoxy groups -OCH3 is 1. The van der Waals surface area contributed by atoms with Crippen LogP contribution in [0.25, 0.3) is 0 Å². The highest BCUT2D eigenvalue weighted by molar-refractivity contribution is 5.87. The van der Waals surface area contributed by atoms with Crippen molar-refractivity contribution in [3.05, 3.63) is 23.7 Å². The minimum Gasteiger partial charge on any atom is -0.466 e. The smallest absolute Gasteiger partial charge is 0.374 e. The summed E-state index contributed by atoms with van der Waals surface area (Å²) in [6.45, 7) is 3.33. The molecule has 6 nitrogen and oxygen atoms in total. The van der Waals surface area contributed by atoms with Crippen molar-refractivity contribution in [1.29, 1.82) is 0 Å². The van der Waals surface area contributed by atoms with Crippen LogP contribution >= 0.6 is 0 Å². The van der Waals surface area contributed by atoms with Gasteiger partial charge >= 0.3 is 11.9 Å². The van der Waals surface area contributed by atoms with Gasteiger partial charge in [0.2, 0.25) is 5.76 Å². The number of carbonyl (C=O) groups is 2. The molecule has 0 aromatic carbocycles. The summed E-state index contributed by atoms with van der Waals surface area (Å²) >= 11 is 0. The molecule has 0 aliphatic carbocycles. The molecule has 1 N–H and O–H groups in total. The van der Waals surface area contributed by atoms with Crippen molar-refractivity contribution in [1.82, 2.24) is 5.32 Å². The lowest BCUT2D eigenvalue weighted by molar-refractivity contribution is -0.143. The first-order chi connectivity index (χ1) is 9.19. The molecule has 0 saturated heterocycles. The lowest BCUT2D eigenvalue weighted by Gasteiger charge is -2.04. The zero-order valence-electron chi connectivity index (χ0n) is 11.2. The van der Waals surface area contributed by atoms with Gasteiger partial charge in [-0.05, 0) is 26.0 Å². The Morgan fingerprint density at radius 3 is 2.89 bits per heavy atom. The summed E-state index contributed by atoms with van der Waals surface area (Å²) in [7, 11) is 1.31. The third-order valence-electron chi connectivity index (χ3n) is 2.47. The van der Waals surface area contributed by atoms with Gasteiger partial charge in [-0.15, -0.1) is 0 Å². The van der Waals surface area contributed by atoms with Gasteiger partial charge in [0.1, 0.15) is 0 Å². The quantitative estimate of drug-likeness (QED) is 0.569. The molecule has 0 bridgehead atoms. The Morgan fingerprint density at radius 1 is 1.42 bits per heavy atom. The Hall–Kier alpha value is -1.82. The van der Waals surface area contributed by atoms with E-state index in [1.165, 1.54) is 13.4 Å². The highest BCUT2D eigenvalue weighted by atomic mass is 16.5. The number of ether oxygens (including phenoxy) is 2. The minimum absolute atomic E-state index is 0.192. The molecule has 0 amide bonds. The number of furan rings is 1. The standard InChI is InChI=1S/C13H19NO5/c1-3-18-11(15)5-4-7-14-9-10-6-8-19-12(10)13(16)17-2/h6,8,14H,3-5,7,9H2,1-2H3. The first-order valence-corrected chi connectivity index (χ1v) is 6.20. The van der Waals surface area contributed by atoms with Crippen LogP contribution in [0.1, 0.15) is 35.9 Å². The average Bonchev–Trinajstić information content (AvgIpc) is 2.86. The van der Waals surface area contributed by atoms with E-state index in [-0.39, 0.29) is 11.7 Å². The molecule has 0 spiro atoms. The Labute approximate surface area is 112 Å². The third-order valence-corrected chi connectivity index (χ3v) is 2.47. The monoisotopic (exact) mass is 269 g/mol. The van der Waals surface area contributed by atoms with Crippen LogP contribution in [-0.4, -0.2) is 32.2 Å². The number of nitrogens with one attached hydrogen (secondary N) is 1. The second kappa shape index (κ2) is 8.31. The molecule has 6 heteroatoms. The molecule has 1 heterocycles. The molecule has 1 aromatic heterocycles. The van der Waals surface area contributed by atoms with E-state index in [0.717, 1.165) is 5.56 Å². The molecule has 0 atom stereocenters. The summed E-state index contributed by atoms with van der Waals surface area (Å²) in [5, 5.41) is 3.13. The topological polar surface area (TPSA) is 77.8 Å². The number of hydrogen-bond donors (Lipinski definition) is 1. The molecule has 106 valence electrons. The van der Waals surface area contributed by atoms with Crippen LogP contribution in [0, 0.1) is 0 Å². The van der Waals surface area contributed by atoms with Gasteiger partial charge in [-0.1, -0.05) is 0 Å². The van der Waals surface area contributed by atoms with Crippen LogP contribution < -0.4 is 5.32 Å². The van der Waals surface area contributed by atoms with Crippen molar-refractivity contribution in [3.63, 3.8) is 0 Å². The van der Waals surface area contributed by atoms with E-state index in [1.807, 2.05) is 0 Å². The maximum Gasteiger partial charge on any atom is 0.374 e. The van der Waals surface area contributed by atoms with Crippen LogP contribution in [-0.2, 0) is 20.8 Å². The van der Waals surface area contributed by atoms with Gasteiger partial charge in [0.25, 0.3) is 0 Å². The third kappa shape index (κ3) is 5.13. The maximum absolute atomic E-state index is 11.3. The number of carbonyl (C=O) groups excluding carboxylic acids is 2. The van der Waals surface area contributed by atoms with Gasteiger partial charge in [-0.3, -0.25) is 4.79 Å². The zero-order valence-corrected chi connectivity index (χ0v) is 11.2. The fourth-order valence-electron chi connectivity index (χ4n) is 1.56. The Bertz CT molecular complexity index is 413. The average molecular weight is 269 g/mol. The second-order valence-electron chi connectivity index (χ2n) is 3.85. The molecule has 0 radical (unpaired) electrons. The normalized spacial score (nSPS) is 10.2. The Balaban J connectivity index is 2.25. The fraction of sp³-hybridized carbons (Fsp3) is 0.538. The minimum atomic E-state index is -0.492. The maximum atomic E-state index is 11.3. The van der Waals surface area contributed by atoms with Gasteiger partial charge in [0.15, 0.2) is 0 Å². The molecular formula is C13H19NO5. The fourth-order valence-corrected chi connectivity index (χ4v) is 1.56. The van der Waals surface area contributed by atoms with Crippen LogP contribution in [0.15, 0.2) is 16.7 Å². The molecule has 0 aliphatic heterocycles. The lowest BCUT2D eigenvalue weighted by Crippen LogP contribution is -2.17. The lowest BCUT2D eigenvalue weighted by atomic mass is 10.2. The first kappa shape index (κ1) is 15.2. The van der Waals surface area contributed by atoms with Crippen LogP contribution in [0.5, 0.6) is 0 Å². The summed E-state index contributed by atoms with van der Waals surface area (Å²) < 4.78 is 14.5. The summed E-state index contributed by atoms with van der Waals surface area (Å²) in [5.41, 5.74) is 0.739. The summed E-state index contributed by atoms with van der Waals surface area (Å²) in [4.78, 5) is 22.4. The van der Waals surface area contributed by atoms with E-state index in [2.05, 4.69) is 10.1 Å². The largest absolute Gasteiger partial charge is 0.466 e. The molecule has 19 heavy (non-hydrogen) atoms. The summed E-state index contributed by atoms with van der Waals surface area (Å²) in [6, 6.07) is 1.71. The predicted molar refractivity (Wildman–Crippen MR) is 67.6 cm³/mol. The van der Waals surface area contributed by atoms with E-state index >= 15 is 0 Å². The van der Waals surface area contributed by atoms with E-state index in [1.54, 1.807) is 13.0 Å². The van der Waals surface area contributed by atoms with Crippen molar-refractivity contribution in [2.24, 2.45) is 0 Å². The number of rotatable bonds is 8. The second-order valence-corrected chi connectivity index (χ2v) is 3.85. The highest BCUT2D eigenvalue weighted by Crippen LogP contribution is 2.11. The first-order valence-electron chi connectivity index (χ1n) is 6.20. The summed E-state index contributed by atoms with van der Waals surface area (Å²) in [6.07, 6.45) is 2.52. The SMILES string of the molecule is CCOC(=O)CCCNCc1ccoc1C(=O)OC. The van der Waals surface area contributed by atoms with Gasteiger partial charge in [-0.25, -0.2) is 4.79 Å². The molecule has 1 aromatic rings. The molecule has 0 saturated carbocycles. The molecular weight excluding hydrogens is 250 g/mol. The Morgan fingerprint density at radius 2 is 2.21 bits per heavy atom. The molecule has 0 fully saturated rings. The van der Waals surface area contributed by atoms with E-state index < -0.39 is 5.97 Å². The van der Waals surface area contributed by atoms with Crippen molar-refractivity contribution in [2.45, 2.75) is 26.3 Å². The van der Waals surface area contributed by atoms with E-state index in [0.29, 0.717) is 32.5 Å². The van der Waals surface area contributed by atoms with Crippen molar-refractivity contribution in [3.8, 4) is 0 Å². The van der Waals surface area contributed by atoms with Gasteiger partial charge < -0.3 is 19.2 Å². The van der Waals surface area contributed by atoms with Crippen LogP contribution in [0.4, 0.5) is 0 Å². The zero-order chi connectivity index (χ0) is 14.1. The number of esters is 2. The van der Waals surface area contributed by atoms with Crippen molar-refractivity contribution >= 4 is 11.9 Å². The number of hydrogen-bond acceptors (Lipinski definition) is 6. The summed E-state index contributed by atoms with van der Waals surface area (Å²) in [5.74, 6) is -0.475.